The third-order valence-corrected chi connectivity index (χ3v) is 6.81. The Labute approximate surface area is 122 Å². The van der Waals surface area contributed by atoms with Crippen LogP contribution in [0.3, 0.4) is 0 Å². The van der Waals surface area contributed by atoms with E-state index in [9.17, 15) is 0 Å². The van der Waals surface area contributed by atoms with Gasteiger partial charge in [-0.05, 0) is 0 Å². The molecule has 2 aromatic rings. The molecule has 0 aliphatic rings. The van der Waals surface area contributed by atoms with Crippen LogP contribution in [0.1, 0.15) is 11.1 Å². The summed E-state index contributed by atoms with van der Waals surface area (Å²) in [6.07, 6.45) is 0. The zero-order valence-corrected chi connectivity index (χ0v) is 14.0. The van der Waals surface area contributed by atoms with Gasteiger partial charge in [0.15, 0.2) is 0 Å². The molecule has 0 bridgehead atoms. The molecule has 0 saturated heterocycles. The summed E-state index contributed by atoms with van der Waals surface area (Å²) in [6, 6.07) is 17.7. The minimum absolute atomic E-state index is 0.472. The summed E-state index contributed by atoms with van der Waals surface area (Å²) < 4.78 is 2.90. The molecule has 2 aromatic carbocycles. The van der Waals surface area contributed by atoms with Crippen LogP contribution in [-0.4, -0.2) is 29.9 Å². The minimum atomic E-state index is 0.472. The molecule has 0 aliphatic heterocycles. The standard InChI is InChI=1S/C16H16Se2/c1-13-3-7-15(8-4-13)17-11-12-18-16-9-5-14(2)6-10-16/h3-12H,1-2H3/b12-11+. The van der Waals surface area contributed by atoms with E-state index >= 15 is 0 Å². The van der Waals surface area contributed by atoms with Crippen LogP contribution in [0, 0.1) is 13.8 Å². The monoisotopic (exact) mass is 368 g/mol. The van der Waals surface area contributed by atoms with Crippen LogP contribution in [-0.2, 0) is 0 Å². The Morgan fingerprint density at radius 2 is 0.944 bits per heavy atom. The van der Waals surface area contributed by atoms with Crippen molar-refractivity contribution in [3.63, 3.8) is 0 Å². The summed E-state index contributed by atoms with van der Waals surface area (Å²) in [6.45, 7) is 4.26. The molecule has 2 heteroatoms. The van der Waals surface area contributed by atoms with E-state index in [0.717, 1.165) is 0 Å². The molecule has 0 aliphatic carbocycles. The van der Waals surface area contributed by atoms with E-state index in [0.29, 0.717) is 29.9 Å². The summed E-state index contributed by atoms with van der Waals surface area (Å²) in [5.41, 5.74) is 2.67. The third-order valence-electron chi connectivity index (χ3n) is 2.51. The van der Waals surface area contributed by atoms with Gasteiger partial charge in [0.25, 0.3) is 0 Å². The number of hydrogen-bond acceptors (Lipinski definition) is 0. The molecule has 0 nitrogen and oxygen atoms in total. The van der Waals surface area contributed by atoms with Gasteiger partial charge in [-0.15, -0.1) is 0 Å². The van der Waals surface area contributed by atoms with E-state index in [2.05, 4.69) is 72.3 Å². The fourth-order valence-corrected chi connectivity index (χ4v) is 4.78. The molecule has 0 fully saturated rings. The van der Waals surface area contributed by atoms with Gasteiger partial charge in [-0.3, -0.25) is 0 Å². The van der Waals surface area contributed by atoms with Crippen LogP contribution >= 0.6 is 0 Å². The second kappa shape index (κ2) is 6.97. The van der Waals surface area contributed by atoms with E-state index in [-0.39, 0.29) is 0 Å². The van der Waals surface area contributed by atoms with Crippen molar-refractivity contribution in [3.05, 3.63) is 69.6 Å². The summed E-state index contributed by atoms with van der Waals surface area (Å²) in [7, 11) is 0. The molecule has 0 aromatic heterocycles. The Morgan fingerprint density at radius 3 is 1.28 bits per heavy atom. The number of rotatable bonds is 4. The molecule has 0 radical (unpaired) electrons. The molecule has 0 unspecified atom stereocenters. The maximum atomic E-state index is 2.34. The van der Waals surface area contributed by atoms with Gasteiger partial charge >= 0.3 is 122 Å². The second-order valence-electron chi connectivity index (χ2n) is 4.13. The quantitative estimate of drug-likeness (QED) is 0.728. The molecule has 0 heterocycles. The maximum absolute atomic E-state index is 2.34. The van der Waals surface area contributed by atoms with Gasteiger partial charge in [-0.2, -0.15) is 0 Å². The van der Waals surface area contributed by atoms with Crippen LogP contribution < -0.4 is 8.92 Å². The molecular formula is C16H16Se2. The first kappa shape index (κ1) is 13.6. The summed E-state index contributed by atoms with van der Waals surface area (Å²) in [5.74, 6) is 0. The van der Waals surface area contributed by atoms with Gasteiger partial charge < -0.3 is 0 Å². The van der Waals surface area contributed by atoms with Crippen LogP contribution in [0.15, 0.2) is 58.5 Å². The fraction of sp³-hybridized carbons (Fsp3) is 0.125. The van der Waals surface area contributed by atoms with Crippen molar-refractivity contribution in [3.8, 4) is 0 Å². The molecule has 18 heavy (non-hydrogen) atoms. The molecule has 0 atom stereocenters. The molecule has 2 rings (SSSR count). The van der Waals surface area contributed by atoms with Crippen molar-refractivity contribution < 1.29 is 0 Å². The first-order valence-corrected chi connectivity index (χ1v) is 9.55. The second-order valence-corrected chi connectivity index (χ2v) is 8.24. The van der Waals surface area contributed by atoms with Crippen LogP contribution in [0.4, 0.5) is 0 Å². The SMILES string of the molecule is Cc1ccc([Se]/C=C/[Se]c2ccc(C)cc2)cc1. The summed E-state index contributed by atoms with van der Waals surface area (Å²) >= 11 is 0.945. The van der Waals surface area contributed by atoms with E-state index in [4.69, 9.17) is 0 Å². The fourth-order valence-electron chi connectivity index (χ4n) is 1.45. The van der Waals surface area contributed by atoms with E-state index < -0.39 is 0 Å². The van der Waals surface area contributed by atoms with Crippen LogP contribution in [0.5, 0.6) is 0 Å². The number of hydrogen-bond donors (Lipinski definition) is 0. The Morgan fingerprint density at radius 1 is 0.611 bits per heavy atom. The first-order chi connectivity index (χ1) is 8.74. The van der Waals surface area contributed by atoms with Gasteiger partial charge in [-0.25, -0.2) is 0 Å². The van der Waals surface area contributed by atoms with Crippen molar-refractivity contribution in [2.24, 2.45) is 0 Å². The molecule has 0 amide bonds. The molecule has 0 N–H and O–H groups in total. The predicted octanol–water partition coefficient (Wildman–Crippen LogP) is 2.13. The number of aryl methyl sites for hydroxylation is 2. The van der Waals surface area contributed by atoms with Gasteiger partial charge in [0.2, 0.25) is 0 Å². The average Bonchev–Trinajstić information content (AvgIpc) is 2.39. The average molecular weight is 366 g/mol. The Balaban J connectivity index is 1.85. The Kier molecular flexibility index (Phi) is 5.28. The van der Waals surface area contributed by atoms with Gasteiger partial charge in [0, 0.05) is 0 Å². The first-order valence-electron chi connectivity index (χ1n) is 5.86. The van der Waals surface area contributed by atoms with Crippen molar-refractivity contribution in [1.82, 2.24) is 0 Å². The molecular weight excluding hydrogens is 350 g/mol. The summed E-state index contributed by atoms with van der Waals surface area (Å²) in [4.78, 5) is 4.69. The summed E-state index contributed by atoms with van der Waals surface area (Å²) in [5, 5.41) is 0. The van der Waals surface area contributed by atoms with Crippen LogP contribution in [0.2, 0.25) is 0 Å². The van der Waals surface area contributed by atoms with E-state index in [1.54, 1.807) is 0 Å². The van der Waals surface area contributed by atoms with Crippen molar-refractivity contribution in [2.75, 3.05) is 0 Å². The van der Waals surface area contributed by atoms with Gasteiger partial charge in [0.1, 0.15) is 0 Å². The molecule has 0 spiro atoms. The zero-order chi connectivity index (χ0) is 12.8. The van der Waals surface area contributed by atoms with Crippen molar-refractivity contribution >= 4 is 38.8 Å². The molecule has 92 valence electrons. The topological polar surface area (TPSA) is 0 Å². The Bertz CT molecular complexity index is 460. The third kappa shape index (κ3) is 4.48. The van der Waals surface area contributed by atoms with E-state index in [1.165, 1.54) is 20.1 Å². The van der Waals surface area contributed by atoms with Crippen molar-refractivity contribution in [1.29, 1.82) is 0 Å². The van der Waals surface area contributed by atoms with Crippen LogP contribution in [0.25, 0.3) is 0 Å². The predicted molar refractivity (Wildman–Crippen MR) is 82.3 cm³/mol. The number of benzene rings is 2. The van der Waals surface area contributed by atoms with E-state index in [1.807, 2.05) is 0 Å². The Hall–Kier alpha value is -0.781. The normalized spacial score (nSPS) is 11.0. The zero-order valence-electron chi connectivity index (χ0n) is 10.6. The van der Waals surface area contributed by atoms with Gasteiger partial charge in [0.05, 0.1) is 0 Å². The van der Waals surface area contributed by atoms with Gasteiger partial charge in [-0.1, -0.05) is 0 Å². The molecule has 0 saturated carbocycles. The van der Waals surface area contributed by atoms with Crippen molar-refractivity contribution in [2.45, 2.75) is 13.8 Å².